The highest BCUT2D eigenvalue weighted by molar-refractivity contribution is 7.88. The summed E-state index contributed by atoms with van der Waals surface area (Å²) in [5.41, 5.74) is 0.737. The molecule has 1 aliphatic heterocycles. The molecule has 1 aromatic carbocycles. The van der Waals surface area contributed by atoms with Crippen LogP contribution < -0.4 is 5.32 Å². The maximum atomic E-state index is 12.3. The Morgan fingerprint density at radius 1 is 1.36 bits per heavy atom. The fourth-order valence-corrected chi connectivity index (χ4v) is 4.13. The molecule has 1 atom stereocenters. The summed E-state index contributed by atoms with van der Waals surface area (Å²) in [5.74, 6) is -0.295. The fourth-order valence-electron chi connectivity index (χ4n) is 2.53. The highest BCUT2D eigenvalue weighted by Gasteiger charge is 2.34. The highest BCUT2D eigenvalue weighted by atomic mass is 35.5. The van der Waals surface area contributed by atoms with Crippen molar-refractivity contribution in [2.75, 3.05) is 12.8 Å². The molecule has 1 aliphatic rings. The summed E-state index contributed by atoms with van der Waals surface area (Å²) in [4.78, 5) is 12.3. The lowest BCUT2D eigenvalue weighted by Crippen LogP contribution is -2.51. The minimum atomic E-state index is -3.39. The number of piperidine rings is 1. The molecule has 0 saturated carbocycles. The molecule has 8 heteroatoms. The van der Waals surface area contributed by atoms with Crippen LogP contribution in [0.3, 0.4) is 0 Å². The molecule has 1 aromatic rings. The van der Waals surface area contributed by atoms with Crippen molar-refractivity contribution in [2.45, 2.75) is 31.8 Å². The van der Waals surface area contributed by atoms with Gasteiger partial charge in [0.1, 0.15) is 6.04 Å². The minimum absolute atomic E-state index is 0.239. The lowest BCUT2D eigenvalue weighted by atomic mass is 10.0. The topological polar surface area (TPSA) is 66.5 Å². The molecule has 2 rings (SSSR count). The predicted molar refractivity (Wildman–Crippen MR) is 87.5 cm³/mol. The molecule has 0 radical (unpaired) electrons. The Morgan fingerprint density at radius 3 is 2.73 bits per heavy atom. The SMILES string of the molecule is CS(=O)(=O)N1CCCC[C@H]1C(=O)NCc1ccc(Cl)cc1Cl. The number of carbonyl (C=O) groups excluding carboxylic acids is 1. The van der Waals surface area contributed by atoms with Gasteiger partial charge in [-0.3, -0.25) is 4.79 Å². The normalized spacial score (nSPS) is 19.9. The first-order chi connectivity index (χ1) is 10.3. The van der Waals surface area contributed by atoms with E-state index in [1.807, 2.05) is 0 Å². The number of halogens is 2. The average Bonchev–Trinajstić information content (AvgIpc) is 2.45. The number of hydrogen-bond donors (Lipinski definition) is 1. The van der Waals surface area contributed by atoms with Gasteiger partial charge in [0, 0.05) is 23.1 Å². The van der Waals surface area contributed by atoms with Crippen LogP contribution in [0.2, 0.25) is 10.0 Å². The number of nitrogens with one attached hydrogen (secondary N) is 1. The van der Waals surface area contributed by atoms with Crippen molar-refractivity contribution < 1.29 is 13.2 Å². The number of rotatable bonds is 4. The van der Waals surface area contributed by atoms with Crippen molar-refractivity contribution in [1.82, 2.24) is 9.62 Å². The van der Waals surface area contributed by atoms with Crippen molar-refractivity contribution in [2.24, 2.45) is 0 Å². The molecule has 0 spiro atoms. The second-order valence-corrected chi connectivity index (χ2v) is 8.12. The predicted octanol–water partition coefficient (Wildman–Crippen LogP) is 2.42. The number of sulfonamides is 1. The van der Waals surface area contributed by atoms with Gasteiger partial charge in [0.2, 0.25) is 15.9 Å². The van der Waals surface area contributed by atoms with E-state index in [2.05, 4.69) is 5.32 Å². The molecule has 0 bridgehead atoms. The first-order valence-corrected chi connectivity index (χ1v) is 9.58. The van der Waals surface area contributed by atoms with Gasteiger partial charge in [-0.1, -0.05) is 35.7 Å². The van der Waals surface area contributed by atoms with Gasteiger partial charge in [-0.05, 0) is 30.5 Å². The Labute approximate surface area is 140 Å². The number of nitrogens with zero attached hydrogens (tertiary/aromatic N) is 1. The van der Waals surface area contributed by atoms with E-state index in [4.69, 9.17) is 23.2 Å². The lowest BCUT2D eigenvalue weighted by molar-refractivity contribution is -0.125. The number of hydrogen-bond acceptors (Lipinski definition) is 3. The van der Waals surface area contributed by atoms with E-state index in [0.29, 0.717) is 23.0 Å². The van der Waals surface area contributed by atoms with Crippen LogP contribution in [0.4, 0.5) is 0 Å². The maximum Gasteiger partial charge on any atom is 0.238 e. The zero-order valence-corrected chi connectivity index (χ0v) is 14.5. The van der Waals surface area contributed by atoms with E-state index < -0.39 is 16.1 Å². The maximum absolute atomic E-state index is 12.3. The summed E-state index contributed by atoms with van der Waals surface area (Å²) >= 11 is 11.9. The molecule has 5 nitrogen and oxygen atoms in total. The largest absolute Gasteiger partial charge is 0.351 e. The number of carbonyl (C=O) groups is 1. The van der Waals surface area contributed by atoms with Crippen molar-refractivity contribution in [1.29, 1.82) is 0 Å². The monoisotopic (exact) mass is 364 g/mol. The Hall–Kier alpha value is -0.820. The summed E-state index contributed by atoms with van der Waals surface area (Å²) in [6.45, 7) is 0.627. The van der Waals surface area contributed by atoms with E-state index in [-0.39, 0.29) is 12.5 Å². The summed E-state index contributed by atoms with van der Waals surface area (Å²) in [6.07, 6.45) is 3.29. The van der Waals surface area contributed by atoms with Crippen LogP contribution in [0.25, 0.3) is 0 Å². The van der Waals surface area contributed by atoms with E-state index in [1.54, 1.807) is 18.2 Å². The van der Waals surface area contributed by atoms with Crippen molar-refractivity contribution in [3.05, 3.63) is 33.8 Å². The molecule has 0 aromatic heterocycles. The van der Waals surface area contributed by atoms with Gasteiger partial charge in [-0.15, -0.1) is 0 Å². The van der Waals surface area contributed by atoms with Crippen LogP contribution in [0.1, 0.15) is 24.8 Å². The van der Waals surface area contributed by atoms with Gasteiger partial charge in [-0.25, -0.2) is 8.42 Å². The first kappa shape index (κ1) is 17.5. The van der Waals surface area contributed by atoms with Crippen LogP contribution in [0.5, 0.6) is 0 Å². The lowest BCUT2D eigenvalue weighted by Gasteiger charge is -2.32. The Bertz CT molecular complexity index is 664. The highest BCUT2D eigenvalue weighted by Crippen LogP contribution is 2.22. The number of benzene rings is 1. The summed E-state index contributed by atoms with van der Waals surface area (Å²) in [6, 6.07) is 4.39. The third kappa shape index (κ3) is 4.35. The molecular formula is C14H18Cl2N2O3S. The van der Waals surface area contributed by atoms with Crippen molar-refractivity contribution in [3.8, 4) is 0 Å². The van der Waals surface area contributed by atoms with Gasteiger partial charge < -0.3 is 5.32 Å². The number of amides is 1. The van der Waals surface area contributed by atoms with Crippen LogP contribution in [-0.4, -0.2) is 37.5 Å². The van der Waals surface area contributed by atoms with Crippen molar-refractivity contribution in [3.63, 3.8) is 0 Å². The first-order valence-electron chi connectivity index (χ1n) is 6.97. The standard InChI is InChI=1S/C14H18Cl2N2O3S/c1-22(20,21)18-7-3-2-4-13(18)14(19)17-9-10-5-6-11(15)8-12(10)16/h5-6,8,13H,2-4,7,9H2,1H3,(H,17,19)/t13-/m0/s1. The van der Waals surface area contributed by atoms with Gasteiger partial charge >= 0.3 is 0 Å². The van der Waals surface area contributed by atoms with Crippen LogP contribution in [-0.2, 0) is 21.4 Å². The van der Waals surface area contributed by atoms with Crippen LogP contribution >= 0.6 is 23.2 Å². The molecule has 1 heterocycles. The molecule has 0 aliphatic carbocycles. The molecule has 1 N–H and O–H groups in total. The van der Waals surface area contributed by atoms with Gasteiger partial charge in [0.05, 0.1) is 6.26 Å². The van der Waals surface area contributed by atoms with E-state index in [0.717, 1.165) is 24.7 Å². The van der Waals surface area contributed by atoms with Crippen LogP contribution in [0.15, 0.2) is 18.2 Å². The summed E-state index contributed by atoms with van der Waals surface area (Å²) in [7, 11) is -3.39. The second kappa shape index (κ2) is 7.17. The second-order valence-electron chi connectivity index (χ2n) is 5.34. The van der Waals surface area contributed by atoms with Gasteiger partial charge in [0.15, 0.2) is 0 Å². The zero-order valence-electron chi connectivity index (χ0n) is 12.2. The van der Waals surface area contributed by atoms with E-state index in [9.17, 15) is 13.2 Å². The van der Waals surface area contributed by atoms with E-state index >= 15 is 0 Å². The third-order valence-electron chi connectivity index (χ3n) is 3.65. The zero-order chi connectivity index (χ0) is 16.3. The Kier molecular flexibility index (Phi) is 5.71. The smallest absolute Gasteiger partial charge is 0.238 e. The van der Waals surface area contributed by atoms with Crippen molar-refractivity contribution >= 4 is 39.1 Å². The average molecular weight is 365 g/mol. The summed E-state index contributed by atoms with van der Waals surface area (Å²) in [5, 5.41) is 3.75. The fraction of sp³-hybridized carbons (Fsp3) is 0.500. The molecule has 0 unspecified atom stereocenters. The molecule has 1 amide bonds. The van der Waals surface area contributed by atoms with Gasteiger partial charge in [-0.2, -0.15) is 4.31 Å². The molecule has 22 heavy (non-hydrogen) atoms. The van der Waals surface area contributed by atoms with Crippen LogP contribution in [0, 0.1) is 0 Å². The molecule has 1 saturated heterocycles. The molecular weight excluding hydrogens is 347 g/mol. The van der Waals surface area contributed by atoms with Gasteiger partial charge in [0.25, 0.3) is 0 Å². The molecule has 1 fully saturated rings. The quantitative estimate of drug-likeness (QED) is 0.891. The Balaban J connectivity index is 2.04. The third-order valence-corrected chi connectivity index (χ3v) is 5.53. The van der Waals surface area contributed by atoms with E-state index in [1.165, 1.54) is 4.31 Å². The molecule has 122 valence electrons. The Morgan fingerprint density at radius 2 is 2.09 bits per heavy atom. The minimum Gasteiger partial charge on any atom is -0.351 e. The summed E-state index contributed by atoms with van der Waals surface area (Å²) < 4.78 is 24.8.